The van der Waals surface area contributed by atoms with Gasteiger partial charge in [-0.3, -0.25) is 0 Å². The molecule has 3 aliphatic heterocycles. The number of thioether (sulfide) groups is 1. The fraction of sp³-hybridized carbons (Fsp3) is 0.500. The van der Waals surface area contributed by atoms with Crippen molar-refractivity contribution in [2.45, 2.75) is 48.6 Å². The van der Waals surface area contributed by atoms with Gasteiger partial charge in [-0.1, -0.05) is 24.3 Å². The van der Waals surface area contributed by atoms with E-state index in [2.05, 4.69) is 28.0 Å². The van der Waals surface area contributed by atoms with E-state index in [0.29, 0.717) is 12.0 Å². The lowest BCUT2D eigenvalue weighted by molar-refractivity contribution is 0.144. The number of hydrogen-bond donors (Lipinski definition) is 1. The zero-order valence-electron chi connectivity index (χ0n) is 16.8. The molecule has 3 heterocycles. The van der Waals surface area contributed by atoms with Crippen LogP contribution in [0.15, 0.2) is 47.4 Å². The normalized spacial score (nSPS) is 24.7. The Bertz CT molecular complexity index is 858. The molecule has 5 rings (SSSR count). The number of fused-ring (bicyclic) bond motifs is 3. The first-order chi connectivity index (χ1) is 14.2. The number of para-hydroxylation sites is 1. The van der Waals surface area contributed by atoms with E-state index in [-0.39, 0.29) is 5.82 Å². The average molecular weight is 413 g/mol. The van der Waals surface area contributed by atoms with Gasteiger partial charge in [-0.25, -0.2) is 4.39 Å². The summed E-state index contributed by atoms with van der Waals surface area (Å²) < 4.78 is 13.1. The first-order valence-electron chi connectivity index (χ1n) is 10.9. The molecule has 154 valence electrons. The lowest BCUT2D eigenvalue weighted by Crippen LogP contribution is -2.46. The van der Waals surface area contributed by atoms with Crippen LogP contribution in [0, 0.1) is 5.82 Å². The van der Waals surface area contributed by atoms with Crippen LogP contribution in [0.1, 0.15) is 48.8 Å². The van der Waals surface area contributed by atoms with Gasteiger partial charge in [-0.15, -0.1) is 11.8 Å². The third-order valence-corrected chi connectivity index (χ3v) is 7.92. The molecule has 0 amide bonds. The lowest BCUT2D eigenvalue weighted by atomic mass is 9.89. The van der Waals surface area contributed by atoms with E-state index in [1.165, 1.54) is 47.9 Å². The molecule has 0 radical (unpaired) electrons. The number of hydrogen-bond acceptors (Lipinski definition) is 4. The molecule has 2 aromatic carbocycles. The Morgan fingerprint density at radius 3 is 2.86 bits per heavy atom. The largest absolute Gasteiger partial charge is 0.388 e. The van der Waals surface area contributed by atoms with Gasteiger partial charge in [0.15, 0.2) is 0 Å². The van der Waals surface area contributed by atoms with E-state index >= 15 is 0 Å². The smallest absolute Gasteiger partial charge is 0.123 e. The van der Waals surface area contributed by atoms with E-state index in [1.807, 2.05) is 11.8 Å². The topological polar surface area (TPSA) is 26.7 Å². The maximum atomic E-state index is 13.1. The number of halogens is 1. The van der Waals surface area contributed by atoms with Crippen LogP contribution in [0.4, 0.5) is 10.1 Å². The quantitative estimate of drug-likeness (QED) is 0.762. The van der Waals surface area contributed by atoms with Gasteiger partial charge in [0.05, 0.1) is 11.8 Å². The minimum atomic E-state index is -0.506. The molecule has 0 aliphatic carbocycles. The molecule has 3 aliphatic rings. The third kappa shape index (κ3) is 3.80. The molecule has 1 saturated heterocycles. The predicted octanol–water partition coefficient (Wildman–Crippen LogP) is 4.81. The molecular weight excluding hydrogens is 383 g/mol. The minimum Gasteiger partial charge on any atom is -0.388 e. The van der Waals surface area contributed by atoms with Crippen molar-refractivity contribution in [1.82, 2.24) is 4.90 Å². The summed E-state index contributed by atoms with van der Waals surface area (Å²) in [5.41, 5.74) is 3.89. The van der Waals surface area contributed by atoms with Crippen LogP contribution < -0.4 is 4.90 Å². The number of benzene rings is 2. The number of rotatable bonds is 5. The van der Waals surface area contributed by atoms with Crippen LogP contribution >= 0.6 is 11.8 Å². The van der Waals surface area contributed by atoms with Crippen molar-refractivity contribution in [2.24, 2.45) is 0 Å². The fourth-order valence-electron chi connectivity index (χ4n) is 5.37. The molecule has 1 unspecified atom stereocenters. The van der Waals surface area contributed by atoms with Crippen LogP contribution in [-0.4, -0.2) is 48.0 Å². The summed E-state index contributed by atoms with van der Waals surface area (Å²) in [4.78, 5) is 6.77. The summed E-state index contributed by atoms with van der Waals surface area (Å²) in [5.74, 6) is 1.59. The maximum absolute atomic E-state index is 13.1. The molecule has 1 N–H and O–H groups in total. The molecule has 0 saturated carbocycles. The van der Waals surface area contributed by atoms with Gasteiger partial charge in [0.2, 0.25) is 0 Å². The van der Waals surface area contributed by atoms with Gasteiger partial charge in [-0.2, -0.15) is 0 Å². The molecular formula is C24H29FN2OS. The Hall–Kier alpha value is -1.56. The molecule has 3 nitrogen and oxygen atoms in total. The Morgan fingerprint density at radius 2 is 2.00 bits per heavy atom. The minimum absolute atomic E-state index is 0.254. The SMILES string of the molecule is OC(CCCN1CC[C@@H]2[C@H](C1)c1cccc3c1N2CCCS3)c1ccc(F)cc1. The Kier molecular flexibility index (Phi) is 5.55. The van der Waals surface area contributed by atoms with Gasteiger partial charge in [0.1, 0.15) is 5.82 Å². The highest BCUT2D eigenvalue weighted by atomic mass is 32.2. The summed E-state index contributed by atoms with van der Waals surface area (Å²) in [5, 5.41) is 10.4. The molecule has 2 aromatic rings. The van der Waals surface area contributed by atoms with E-state index in [4.69, 9.17) is 0 Å². The lowest BCUT2D eigenvalue weighted by Gasteiger charge is -2.39. The van der Waals surface area contributed by atoms with E-state index in [0.717, 1.165) is 38.0 Å². The second-order valence-electron chi connectivity index (χ2n) is 8.56. The Labute approximate surface area is 176 Å². The number of aliphatic hydroxyl groups is 1. The van der Waals surface area contributed by atoms with Crippen molar-refractivity contribution < 1.29 is 9.50 Å². The number of aliphatic hydroxyl groups excluding tert-OH is 1. The molecule has 5 heteroatoms. The highest BCUT2D eigenvalue weighted by Crippen LogP contribution is 2.50. The van der Waals surface area contributed by atoms with Crippen LogP contribution in [0.2, 0.25) is 0 Å². The van der Waals surface area contributed by atoms with Gasteiger partial charge < -0.3 is 14.9 Å². The first-order valence-corrected chi connectivity index (χ1v) is 11.9. The number of nitrogens with zero attached hydrogens (tertiary/aromatic N) is 2. The molecule has 0 spiro atoms. The number of piperidine rings is 1. The molecule has 0 bridgehead atoms. The van der Waals surface area contributed by atoms with Crippen LogP contribution in [-0.2, 0) is 0 Å². The van der Waals surface area contributed by atoms with Crippen molar-refractivity contribution in [3.05, 3.63) is 59.4 Å². The van der Waals surface area contributed by atoms with Gasteiger partial charge in [0, 0.05) is 36.5 Å². The predicted molar refractivity (Wildman–Crippen MR) is 117 cm³/mol. The Morgan fingerprint density at radius 1 is 1.14 bits per heavy atom. The zero-order chi connectivity index (χ0) is 19.8. The van der Waals surface area contributed by atoms with Crippen LogP contribution in [0.5, 0.6) is 0 Å². The molecule has 1 fully saturated rings. The number of anilines is 1. The molecule has 0 aromatic heterocycles. The molecule has 29 heavy (non-hydrogen) atoms. The zero-order valence-corrected chi connectivity index (χ0v) is 17.6. The van der Waals surface area contributed by atoms with Gasteiger partial charge >= 0.3 is 0 Å². The first kappa shape index (κ1) is 19.4. The van der Waals surface area contributed by atoms with E-state index < -0.39 is 6.10 Å². The summed E-state index contributed by atoms with van der Waals surface area (Å²) in [7, 11) is 0. The van der Waals surface area contributed by atoms with Gasteiger partial charge in [0.25, 0.3) is 0 Å². The highest BCUT2D eigenvalue weighted by Gasteiger charge is 2.43. The van der Waals surface area contributed by atoms with Crippen LogP contribution in [0.25, 0.3) is 0 Å². The van der Waals surface area contributed by atoms with Crippen molar-refractivity contribution in [1.29, 1.82) is 0 Å². The van der Waals surface area contributed by atoms with Crippen molar-refractivity contribution in [3.63, 3.8) is 0 Å². The second kappa shape index (κ2) is 8.29. The van der Waals surface area contributed by atoms with E-state index in [9.17, 15) is 9.50 Å². The highest BCUT2D eigenvalue weighted by molar-refractivity contribution is 7.99. The van der Waals surface area contributed by atoms with Crippen molar-refractivity contribution in [2.75, 3.05) is 36.8 Å². The van der Waals surface area contributed by atoms with Gasteiger partial charge in [-0.05, 0) is 67.3 Å². The van der Waals surface area contributed by atoms with Crippen molar-refractivity contribution >= 4 is 17.4 Å². The van der Waals surface area contributed by atoms with Crippen molar-refractivity contribution in [3.8, 4) is 0 Å². The average Bonchev–Trinajstić information content (AvgIpc) is 2.89. The summed E-state index contributed by atoms with van der Waals surface area (Å²) in [6.45, 7) is 4.48. The summed E-state index contributed by atoms with van der Waals surface area (Å²) in [6.07, 6.45) is 3.67. The second-order valence-corrected chi connectivity index (χ2v) is 9.70. The number of likely N-dealkylation sites (tertiary alicyclic amines) is 1. The third-order valence-electron chi connectivity index (χ3n) is 6.79. The summed E-state index contributed by atoms with van der Waals surface area (Å²) >= 11 is 2.02. The van der Waals surface area contributed by atoms with E-state index in [1.54, 1.807) is 17.7 Å². The Balaban J connectivity index is 1.21. The maximum Gasteiger partial charge on any atom is 0.123 e. The van der Waals surface area contributed by atoms with Crippen LogP contribution in [0.3, 0.4) is 0 Å². The summed E-state index contributed by atoms with van der Waals surface area (Å²) in [6, 6.07) is 13.8. The standard InChI is InChI=1S/C24H29FN2OS/c25-18-9-7-17(8-10-18)22(28)5-2-12-26-14-11-21-20(16-26)19-4-1-6-23-24(19)27(21)13-3-15-29-23/h1,4,6-10,20-22,28H,2-3,5,11-16H2/t20-,21-,22?/m1/s1. The fourth-order valence-corrected chi connectivity index (χ4v) is 6.41. The monoisotopic (exact) mass is 412 g/mol. The molecule has 3 atom stereocenters.